The molecule has 4 rings (SSSR count). The molecule has 0 spiro atoms. The molecule has 0 aliphatic carbocycles. The van der Waals surface area contributed by atoms with Crippen molar-refractivity contribution >= 4 is 33.5 Å². The van der Waals surface area contributed by atoms with Crippen LogP contribution in [-0.4, -0.2) is 30.5 Å². The van der Waals surface area contributed by atoms with E-state index in [1.165, 1.54) is 6.33 Å². The topological polar surface area (TPSA) is 48.5 Å². The van der Waals surface area contributed by atoms with Gasteiger partial charge in [-0.2, -0.15) is 18.3 Å². The van der Waals surface area contributed by atoms with Gasteiger partial charge < -0.3 is 4.57 Å². The number of aryl methyl sites for hydroxylation is 1. The Morgan fingerprint density at radius 3 is 2.64 bits per heavy atom. The fourth-order valence-corrected chi connectivity index (χ4v) is 3.20. The molecule has 9 heteroatoms. The number of fused-ring (bicyclic) bond motifs is 3. The second-order valence-corrected chi connectivity index (χ2v) is 6.06. The van der Waals surface area contributed by atoms with E-state index in [-0.39, 0.29) is 10.7 Å². The number of nitrogens with zero attached hydrogens (tertiary/aromatic N) is 5. The minimum Gasteiger partial charge on any atom is -0.327 e. The van der Waals surface area contributed by atoms with Gasteiger partial charge in [-0.3, -0.25) is 4.68 Å². The number of benzene rings is 1. The first kappa shape index (κ1) is 15.9. The SMILES string of the molecule is Cn1cc(-c2ccc3c(c2)c2ncnc(Cl)c2n3CC(F)(F)F)cn1. The average Bonchev–Trinajstić information content (AvgIpc) is 3.09. The highest BCUT2D eigenvalue weighted by molar-refractivity contribution is 6.34. The molecule has 4 aromatic rings. The molecular formula is C16H11ClF3N5. The Kier molecular flexibility index (Phi) is 3.47. The summed E-state index contributed by atoms with van der Waals surface area (Å²) in [6.45, 7) is -1.16. The van der Waals surface area contributed by atoms with Crippen molar-refractivity contribution in [3.63, 3.8) is 0 Å². The van der Waals surface area contributed by atoms with E-state index in [4.69, 9.17) is 11.6 Å². The van der Waals surface area contributed by atoms with Crippen LogP contribution in [0.5, 0.6) is 0 Å². The van der Waals surface area contributed by atoms with Crippen LogP contribution in [0.3, 0.4) is 0 Å². The lowest BCUT2D eigenvalue weighted by atomic mass is 10.1. The molecule has 0 N–H and O–H groups in total. The zero-order chi connectivity index (χ0) is 17.8. The Balaban J connectivity index is 2.03. The summed E-state index contributed by atoms with van der Waals surface area (Å²) < 4.78 is 41.9. The number of hydrogen-bond acceptors (Lipinski definition) is 3. The van der Waals surface area contributed by atoms with Gasteiger partial charge in [-0.1, -0.05) is 17.7 Å². The van der Waals surface area contributed by atoms with Crippen molar-refractivity contribution in [3.05, 3.63) is 42.1 Å². The molecular weight excluding hydrogens is 355 g/mol. The summed E-state index contributed by atoms with van der Waals surface area (Å²) in [5.41, 5.74) is 2.68. The predicted molar refractivity (Wildman–Crippen MR) is 88.3 cm³/mol. The highest BCUT2D eigenvalue weighted by Gasteiger charge is 2.30. The van der Waals surface area contributed by atoms with Crippen molar-refractivity contribution in [2.75, 3.05) is 0 Å². The van der Waals surface area contributed by atoms with Crippen molar-refractivity contribution in [2.24, 2.45) is 7.05 Å². The van der Waals surface area contributed by atoms with Gasteiger partial charge >= 0.3 is 6.18 Å². The molecule has 25 heavy (non-hydrogen) atoms. The van der Waals surface area contributed by atoms with Crippen molar-refractivity contribution in [1.82, 2.24) is 24.3 Å². The van der Waals surface area contributed by atoms with Crippen LogP contribution < -0.4 is 0 Å². The van der Waals surface area contributed by atoms with E-state index in [2.05, 4.69) is 15.1 Å². The summed E-state index contributed by atoms with van der Waals surface area (Å²) >= 11 is 6.07. The second-order valence-electron chi connectivity index (χ2n) is 5.70. The van der Waals surface area contributed by atoms with E-state index in [0.29, 0.717) is 16.4 Å². The molecule has 0 unspecified atom stereocenters. The quantitative estimate of drug-likeness (QED) is 0.500. The third-order valence-corrected chi connectivity index (χ3v) is 4.24. The van der Waals surface area contributed by atoms with Crippen molar-refractivity contribution in [1.29, 1.82) is 0 Å². The molecule has 0 aliphatic heterocycles. The highest BCUT2D eigenvalue weighted by atomic mass is 35.5. The Hall–Kier alpha value is -2.61. The summed E-state index contributed by atoms with van der Waals surface area (Å²) in [6, 6.07) is 5.19. The maximum Gasteiger partial charge on any atom is 0.406 e. The summed E-state index contributed by atoms with van der Waals surface area (Å²) in [5.74, 6) is 0. The highest BCUT2D eigenvalue weighted by Crippen LogP contribution is 2.35. The van der Waals surface area contributed by atoms with E-state index in [9.17, 15) is 13.2 Å². The summed E-state index contributed by atoms with van der Waals surface area (Å²) in [7, 11) is 1.80. The Labute approximate surface area is 144 Å². The lowest BCUT2D eigenvalue weighted by molar-refractivity contribution is -0.139. The van der Waals surface area contributed by atoms with Crippen molar-refractivity contribution in [2.45, 2.75) is 12.7 Å². The maximum absolute atomic E-state index is 13.0. The molecule has 3 aromatic heterocycles. The number of hydrogen-bond donors (Lipinski definition) is 0. The number of halogens is 4. The molecule has 128 valence electrons. The summed E-state index contributed by atoms with van der Waals surface area (Å²) in [6.07, 6.45) is 0.384. The third kappa shape index (κ3) is 2.72. The standard InChI is InChI=1S/C16H11ClF3N5/c1-24-6-10(5-23-24)9-2-3-12-11(4-9)13-14(15(17)22-8-21-13)25(12)7-16(18,19)20/h2-6,8H,7H2,1H3. The predicted octanol–water partition coefficient (Wildman–Crippen LogP) is 4.20. The minimum absolute atomic E-state index is 0.00613. The molecule has 0 atom stereocenters. The van der Waals surface area contributed by atoms with Crippen LogP contribution in [0.1, 0.15) is 0 Å². The van der Waals surface area contributed by atoms with E-state index in [1.54, 1.807) is 36.1 Å². The lowest BCUT2D eigenvalue weighted by Crippen LogP contribution is -2.17. The summed E-state index contributed by atoms with van der Waals surface area (Å²) in [4.78, 5) is 7.99. The van der Waals surface area contributed by atoms with Crippen LogP contribution in [0.25, 0.3) is 33.1 Å². The summed E-state index contributed by atoms with van der Waals surface area (Å²) in [5, 5.41) is 4.70. The van der Waals surface area contributed by atoms with E-state index < -0.39 is 12.7 Å². The fraction of sp³-hybridized carbons (Fsp3) is 0.188. The van der Waals surface area contributed by atoms with Gasteiger partial charge in [0.05, 0.1) is 11.7 Å². The normalized spacial score (nSPS) is 12.4. The maximum atomic E-state index is 13.0. The Morgan fingerprint density at radius 2 is 1.96 bits per heavy atom. The smallest absolute Gasteiger partial charge is 0.327 e. The number of alkyl halides is 3. The zero-order valence-corrected chi connectivity index (χ0v) is 13.7. The van der Waals surface area contributed by atoms with Crippen molar-refractivity contribution in [3.8, 4) is 11.1 Å². The van der Waals surface area contributed by atoms with E-state index >= 15 is 0 Å². The first-order valence-corrected chi connectivity index (χ1v) is 7.69. The van der Waals surface area contributed by atoms with Crippen LogP contribution in [0, 0.1) is 0 Å². The molecule has 0 radical (unpaired) electrons. The first-order valence-electron chi connectivity index (χ1n) is 7.32. The van der Waals surface area contributed by atoms with Gasteiger partial charge in [0.2, 0.25) is 0 Å². The largest absolute Gasteiger partial charge is 0.406 e. The molecule has 0 saturated carbocycles. The molecule has 1 aromatic carbocycles. The van der Waals surface area contributed by atoms with Gasteiger partial charge in [-0.05, 0) is 17.7 Å². The zero-order valence-electron chi connectivity index (χ0n) is 12.9. The molecule has 0 amide bonds. The molecule has 0 saturated heterocycles. The molecule has 3 heterocycles. The molecule has 0 bridgehead atoms. The van der Waals surface area contributed by atoms with Crippen LogP contribution in [0.4, 0.5) is 13.2 Å². The van der Waals surface area contributed by atoms with E-state index in [0.717, 1.165) is 15.7 Å². The van der Waals surface area contributed by atoms with Gasteiger partial charge in [0, 0.05) is 24.2 Å². The van der Waals surface area contributed by atoms with Gasteiger partial charge in [-0.15, -0.1) is 0 Å². The van der Waals surface area contributed by atoms with Gasteiger partial charge in [-0.25, -0.2) is 9.97 Å². The Bertz CT molecular complexity index is 1100. The van der Waals surface area contributed by atoms with Gasteiger partial charge in [0.15, 0.2) is 5.15 Å². The fourth-order valence-electron chi connectivity index (χ4n) is 2.97. The second kappa shape index (κ2) is 5.45. The Morgan fingerprint density at radius 1 is 1.16 bits per heavy atom. The molecule has 0 aliphatic rings. The first-order chi connectivity index (χ1) is 11.8. The minimum atomic E-state index is -4.39. The average molecular weight is 366 g/mol. The van der Waals surface area contributed by atoms with Gasteiger partial charge in [0.1, 0.15) is 23.9 Å². The third-order valence-electron chi connectivity index (χ3n) is 3.97. The van der Waals surface area contributed by atoms with Crippen molar-refractivity contribution < 1.29 is 13.2 Å². The van der Waals surface area contributed by atoms with Crippen LogP contribution >= 0.6 is 11.6 Å². The van der Waals surface area contributed by atoms with Crippen LogP contribution in [-0.2, 0) is 13.6 Å². The molecule has 0 fully saturated rings. The van der Waals surface area contributed by atoms with Crippen LogP contribution in [0.2, 0.25) is 5.15 Å². The monoisotopic (exact) mass is 365 g/mol. The number of rotatable bonds is 2. The van der Waals surface area contributed by atoms with E-state index in [1.807, 2.05) is 6.20 Å². The van der Waals surface area contributed by atoms with Crippen LogP contribution in [0.15, 0.2) is 36.9 Å². The van der Waals surface area contributed by atoms with Gasteiger partial charge in [0.25, 0.3) is 0 Å². The number of aromatic nitrogens is 5. The molecule has 5 nitrogen and oxygen atoms in total. The lowest BCUT2D eigenvalue weighted by Gasteiger charge is -2.11.